The van der Waals surface area contributed by atoms with Gasteiger partial charge in [-0.2, -0.15) is 0 Å². The Balaban J connectivity index is 2.47. The Morgan fingerprint density at radius 1 is 1.55 bits per heavy atom. The van der Waals surface area contributed by atoms with E-state index in [1.807, 2.05) is 13.8 Å². The SMILES string of the molecule is CC(C)C[C@H]1NC(=O)CC1=O. The van der Waals surface area contributed by atoms with Crippen LogP contribution in [0.5, 0.6) is 0 Å². The molecule has 62 valence electrons. The minimum Gasteiger partial charge on any atom is -0.346 e. The van der Waals surface area contributed by atoms with Gasteiger partial charge in [-0.3, -0.25) is 9.59 Å². The van der Waals surface area contributed by atoms with Crippen molar-refractivity contribution in [2.75, 3.05) is 0 Å². The zero-order valence-electron chi connectivity index (χ0n) is 6.89. The van der Waals surface area contributed by atoms with E-state index in [9.17, 15) is 9.59 Å². The summed E-state index contributed by atoms with van der Waals surface area (Å²) in [6.07, 6.45) is 0.849. The minimum absolute atomic E-state index is 0.0451. The molecule has 1 heterocycles. The molecule has 3 heteroatoms. The van der Waals surface area contributed by atoms with Crippen molar-refractivity contribution in [3.05, 3.63) is 0 Å². The van der Waals surface area contributed by atoms with Gasteiger partial charge in [0.1, 0.15) is 0 Å². The van der Waals surface area contributed by atoms with Gasteiger partial charge in [0.15, 0.2) is 5.78 Å². The van der Waals surface area contributed by atoms with E-state index < -0.39 is 0 Å². The number of carbonyl (C=O) groups is 2. The Hall–Kier alpha value is -0.860. The summed E-state index contributed by atoms with van der Waals surface area (Å²) < 4.78 is 0. The molecule has 1 atom stereocenters. The summed E-state index contributed by atoms with van der Waals surface area (Å²) >= 11 is 0. The van der Waals surface area contributed by atoms with Gasteiger partial charge in [0.05, 0.1) is 12.5 Å². The van der Waals surface area contributed by atoms with Gasteiger partial charge in [0.2, 0.25) is 5.91 Å². The molecular formula is C8H13NO2. The summed E-state index contributed by atoms with van der Waals surface area (Å²) in [5.41, 5.74) is 0. The van der Waals surface area contributed by atoms with Crippen molar-refractivity contribution in [1.82, 2.24) is 5.32 Å². The van der Waals surface area contributed by atoms with Crippen molar-refractivity contribution in [2.45, 2.75) is 32.7 Å². The standard InChI is InChI=1S/C8H13NO2/c1-5(2)3-6-7(10)4-8(11)9-6/h5-6H,3-4H2,1-2H3,(H,9,11)/t6-/m1/s1. The van der Waals surface area contributed by atoms with Gasteiger partial charge in [-0.05, 0) is 12.3 Å². The molecule has 0 aromatic carbocycles. The lowest BCUT2D eigenvalue weighted by Gasteiger charge is -2.10. The van der Waals surface area contributed by atoms with Gasteiger partial charge in [0, 0.05) is 0 Å². The summed E-state index contributed by atoms with van der Waals surface area (Å²) in [5, 5.41) is 2.65. The molecule has 1 amide bonds. The lowest BCUT2D eigenvalue weighted by atomic mass is 10.0. The largest absolute Gasteiger partial charge is 0.346 e. The third kappa shape index (κ3) is 2.03. The maximum atomic E-state index is 11.0. The predicted molar refractivity (Wildman–Crippen MR) is 41.0 cm³/mol. The Morgan fingerprint density at radius 2 is 2.18 bits per heavy atom. The molecule has 0 aromatic rings. The molecule has 0 aliphatic carbocycles. The maximum absolute atomic E-state index is 11.0. The van der Waals surface area contributed by atoms with Gasteiger partial charge in [0.25, 0.3) is 0 Å². The quantitative estimate of drug-likeness (QED) is 0.590. The van der Waals surface area contributed by atoms with Crippen molar-refractivity contribution in [1.29, 1.82) is 0 Å². The van der Waals surface area contributed by atoms with Crippen molar-refractivity contribution in [3.63, 3.8) is 0 Å². The average molecular weight is 155 g/mol. The van der Waals surface area contributed by atoms with Crippen molar-refractivity contribution >= 4 is 11.7 Å². The molecule has 3 nitrogen and oxygen atoms in total. The number of ketones is 1. The topological polar surface area (TPSA) is 46.2 Å². The van der Waals surface area contributed by atoms with Crippen LogP contribution < -0.4 is 5.32 Å². The first-order valence-corrected chi connectivity index (χ1v) is 3.91. The molecule has 1 N–H and O–H groups in total. The smallest absolute Gasteiger partial charge is 0.228 e. The van der Waals surface area contributed by atoms with Crippen LogP contribution in [0.25, 0.3) is 0 Å². The van der Waals surface area contributed by atoms with Gasteiger partial charge in [-0.1, -0.05) is 13.8 Å². The van der Waals surface area contributed by atoms with Crippen LogP contribution in [0, 0.1) is 5.92 Å². The van der Waals surface area contributed by atoms with Crippen LogP contribution >= 0.6 is 0 Å². The van der Waals surface area contributed by atoms with E-state index in [2.05, 4.69) is 5.32 Å². The fourth-order valence-electron chi connectivity index (χ4n) is 1.27. The second-order valence-corrected chi connectivity index (χ2v) is 3.39. The number of hydrogen-bond acceptors (Lipinski definition) is 2. The van der Waals surface area contributed by atoms with Crippen LogP contribution in [0.3, 0.4) is 0 Å². The van der Waals surface area contributed by atoms with Crippen LogP contribution in [0.15, 0.2) is 0 Å². The van der Waals surface area contributed by atoms with Crippen molar-refractivity contribution < 1.29 is 9.59 Å². The Kier molecular flexibility index (Phi) is 2.27. The zero-order valence-corrected chi connectivity index (χ0v) is 6.89. The number of hydrogen-bond donors (Lipinski definition) is 1. The first kappa shape index (κ1) is 8.24. The number of rotatable bonds is 2. The molecule has 1 fully saturated rings. The molecule has 1 saturated heterocycles. The van der Waals surface area contributed by atoms with E-state index in [-0.39, 0.29) is 24.2 Å². The minimum atomic E-state index is -0.206. The predicted octanol–water partition coefficient (Wildman–Crippen LogP) is 0.490. The molecule has 0 bridgehead atoms. The molecular weight excluding hydrogens is 142 g/mol. The highest BCUT2D eigenvalue weighted by Crippen LogP contribution is 2.11. The third-order valence-corrected chi connectivity index (χ3v) is 1.77. The molecule has 0 saturated carbocycles. The van der Waals surface area contributed by atoms with E-state index in [1.165, 1.54) is 0 Å². The Labute approximate surface area is 66.2 Å². The highest BCUT2D eigenvalue weighted by molar-refractivity contribution is 6.07. The van der Waals surface area contributed by atoms with E-state index >= 15 is 0 Å². The van der Waals surface area contributed by atoms with Crippen molar-refractivity contribution in [3.8, 4) is 0 Å². The molecule has 0 spiro atoms. The van der Waals surface area contributed by atoms with Crippen LogP contribution in [0.2, 0.25) is 0 Å². The van der Waals surface area contributed by atoms with Gasteiger partial charge in [-0.25, -0.2) is 0 Å². The highest BCUT2D eigenvalue weighted by atomic mass is 16.2. The fraction of sp³-hybridized carbons (Fsp3) is 0.750. The molecule has 1 aliphatic rings. The van der Waals surface area contributed by atoms with E-state index in [1.54, 1.807) is 0 Å². The fourth-order valence-corrected chi connectivity index (χ4v) is 1.27. The molecule has 0 radical (unpaired) electrons. The summed E-state index contributed by atoms with van der Waals surface area (Å²) in [7, 11) is 0. The molecule has 1 aliphatic heterocycles. The average Bonchev–Trinajstić information content (AvgIpc) is 2.09. The van der Waals surface area contributed by atoms with Gasteiger partial charge >= 0.3 is 0 Å². The van der Waals surface area contributed by atoms with Gasteiger partial charge < -0.3 is 5.32 Å². The lowest BCUT2D eigenvalue weighted by Crippen LogP contribution is -2.30. The summed E-state index contributed by atoms with van der Waals surface area (Å²) in [4.78, 5) is 21.8. The number of Topliss-reactive ketones (excluding diaryl/α,β-unsaturated/α-hetero) is 1. The monoisotopic (exact) mass is 155 g/mol. The Morgan fingerprint density at radius 3 is 2.55 bits per heavy atom. The first-order valence-electron chi connectivity index (χ1n) is 3.91. The van der Waals surface area contributed by atoms with E-state index in [4.69, 9.17) is 0 Å². The second-order valence-electron chi connectivity index (χ2n) is 3.39. The second kappa shape index (κ2) is 3.03. The van der Waals surface area contributed by atoms with Gasteiger partial charge in [-0.15, -0.1) is 0 Å². The number of nitrogens with one attached hydrogen (secondary N) is 1. The van der Waals surface area contributed by atoms with Crippen LogP contribution in [-0.4, -0.2) is 17.7 Å². The summed E-state index contributed by atoms with van der Waals surface area (Å²) in [5.74, 6) is 0.381. The van der Waals surface area contributed by atoms with Crippen LogP contribution in [-0.2, 0) is 9.59 Å². The number of amides is 1. The zero-order chi connectivity index (χ0) is 8.43. The van der Waals surface area contributed by atoms with Crippen LogP contribution in [0.4, 0.5) is 0 Å². The van der Waals surface area contributed by atoms with E-state index in [0.717, 1.165) is 6.42 Å². The number of carbonyl (C=O) groups excluding carboxylic acids is 2. The highest BCUT2D eigenvalue weighted by Gasteiger charge is 2.29. The molecule has 11 heavy (non-hydrogen) atoms. The molecule has 0 aromatic heterocycles. The summed E-state index contributed by atoms with van der Waals surface area (Å²) in [6.45, 7) is 4.08. The normalized spacial score (nSPS) is 24.5. The maximum Gasteiger partial charge on any atom is 0.228 e. The molecule has 1 rings (SSSR count). The van der Waals surface area contributed by atoms with E-state index in [0.29, 0.717) is 5.92 Å². The third-order valence-electron chi connectivity index (χ3n) is 1.77. The van der Waals surface area contributed by atoms with Crippen molar-refractivity contribution in [2.24, 2.45) is 5.92 Å². The first-order chi connectivity index (χ1) is 5.09. The van der Waals surface area contributed by atoms with Crippen LogP contribution in [0.1, 0.15) is 26.7 Å². The Bertz CT molecular complexity index is 187. The summed E-state index contributed by atoms with van der Waals surface area (Å²) in [6, 6.07) is -0.206. The molecule has 0 unspecified atom stereocenters. The lowest BCUT2D eigenvalue weighted by molar-refractivity contribution is -0.122.